The fraction of sp³-hybridized carbons (Fsp3) is 0.900. The molecule has 1 rings (SSSR count). The third-order valence-electron chi connectivity index (χ3n) is 2.21. The predicted molar refractivity (Wildman–Crippen MR) is 58.1 cm³/mol. The van der Waals surface area contributed by atoms with Crippen LogP contribution in [0.15, 0.2) is 0 Å². The standard InChI is InChI=1S/C10H18ClNO3/c11-4-8-14-6-2-5-12-10(13)9-3-1-7-15-9/h9H,1-8H2,(H,12,13). The molecule has 0 saturated carbocycles. The third kappa shape index (κ3) is 5.35. The monoisotopic (exact) mass is 235 g/mol. The minimum atomic E-state index is -0.228. The highest BCUT2D eigenvalue weighted by molar-refractivity contribution is 6.17. The van der Waals surface area contributed by atoms with E-state index >= 15 is 0 Å². The minimum absolute atomic E-state index is 0.00448. The topological polar surface area (TPSA) is 47.6 Å². The molecule has 1 aliphatic rings. The molecule has 5 heteroatoms. The van der Waals surface area contributed by atoms with Gasteiger partial charge in [0.05, 0.1) is 6.61 Å². The first-order valence-electron chi connectivity index (χ1n) is 5.37. The first-order chi connectivity index (χ1) is 7.34. The predicted octanol–water partition coefficient (Wildman–Crippen LogP) is 0.927. The summed E-state index contributed by atoms with van der Waals surface area (Å²) < 4.78 is 10.4. The second kappa shape index (κ2) is 7.91. The van der Waals surface area contributed by atoms with E-state index in [-0.39, 0.29) is 12.0 Å². The summed E-state index contributed by atoms with van der Waals surface area (Å²) in [6, 6.07) is 0. The van der Waals surface area contributed by atoms with Gasteiger partial charge in [-0.05, 0) is 19.3 Å². The number of ether oxygens (including phenoxy) is 2. The van der Waals surface area contributed by atoms with Gasteiger partial charge in [-0.15, -0.1) is 11.6 Å². The zero-order valence-electron chi connectivity index (χ0n) is 8.84. The number of amides is 1. The van der Waals surface area contributed by atoms with Gasteiger partial charge in [-0.1, -0.05) is 0 Å². The summed E-state index contributed by atoms with van der Waals surface area (Å²) in [6.45, 7) is 2.55. The van der Waals surface area contributed by atoms with Crippen molar-refractivity contribution in [1.29, 1.82) is 0 Å². The van der Waals surface area contributed by atoms with Gasteiger partial charge in [-0.3, -0.25) is 4.79 Å². The first-order valence-corrected chi connectivity index (χ1v) is 5.91. The molecule has 4 nitrogen and oxygen atoms in total. The van der Waals surface area contributed by atoms with Crippen molar-refractivity contribution < 1.29 is 14.3 Å². The van der Waals surface area contributed by atoms with Crippen molar-refractivity contribution in [3.05, 3.63) is 0 Å². The summed E-state index contributed by atoms with van der Waals surface area (Å²) in [5, 5.41) is 2.82. The van der Waals surface area contributed by atoms with E-state index in [2.05, 4.69) is 5.32 Å². The molecule has 0 radical (unpaired) electrons. The van der Waals surface area contributed by atoms with Crippen LogP contribution in [0, 0.1) is 0 Å². The smallest absolute Gasteiger partial charge is 0.249 e. The number of halogens is 1. The second-order valence-corrected chi connectivity index (χ2v) is 3.83. The highest BCUT2D eigenvalue weighted by Gasteiger charge is 2.22. The first kappa shape index (κ1) is 12.7. The SMILES string of the molecule is O=C(NCCCOCCCl)C1CCCO1. The largest absolute Gasteiger partial charge is 0.380 e. The molecule has 0 aromatic carbocycles. The molecule has 0 aliphatic carbocycles. The maximum atomic E-state index is 11.4. The number of carbonyl (C=O) groups excluding carboxylic acids is 1. The van der Waals surface area contributed by atoms with Crippen LogP contribution in [0.25, 0.3) is 0 Å². The molecule has 1 heterocycles. The molecule has 1 fully saturated rings. The summed E-state index contributed by atoms with van der Waals surface area (Å²) in [4.78, 5) is 11.4. The maximum absolute atomic E-state index is 11.4. The Morgan fingerprint density at radius 2 is 2.40 bits per heavy atom. The molecule has 0 aromatic heterocycles. The Hall–Kier alpha value is -0.320. The highest BCUT2D eigenvalue weighted by atomic mass is 35.5. The van der Waals surface area contributed by atoms with Gasteiger partial charge in [0.1, 0.15) is 6.10 Å². The van der Waals surface area contributed by atoms with E-state index in [0.717, 1.165) is 19.3 Å². The molecule has 1 atom stereocenters. The number of nitrogens with one attached hydrogen (secondary N) is 1. The van der Waals surface area contributed by atoms with Crippen LogP contribution < -0.4 is 5.32 Å². The van der Waals surface area contributed by atoms with Gasteiger partial charge in [0.2, 0.25) is 5.91 Å². The van der Waals surface area contributed by atoms with Crippen LogP contribution in [-0.4, -0.2) is 44.3 Å². The Labute approximate surface area is 95.3 Å². The van der Waals surface area contributed by atoms with E-state index in [1.165, 1.54) is 0 Å². The van der Waals surface area contributed by atoms with Gasteiger partial charge in [0, 0.05) is 25.6 Å². The number of carbonyl (C=O) groups is 1. The Morgan fingerprint density at radius 1 is 1.53 bits per heavy atom. The van der Waals surface area contributed by atoms with Crippen molar-refractivity contribution in [3.8, 4) is 0 Å². The summed E-state index contributed by atoms with van der Waals surface area (Å²) in [7, 11) is 0. The summed E-state index contributed by atoms with van der Waals surface area (Å²) >= 11 is 5.44. The van der Waals surface area contributed by atoms with Gasteiger partial charge in [0.25, 0.3) is 0 Å². The summed E-state index contributed by atoms with van der Waals surface area (Å²) in [5.41, 5.74) is 0. The Morgan fingerprint density at radius 3 is 3.07 bits per heavy atom. The van der Waals surface area contributed by atoms with Crippen molar-refractivity contribution >= 4 is 17.5 Å². The van der Waals surface area contributed by atoms with Crippen molar-refractivity contribution in [2.75, 3.05) is 32.2 Å². The van der Waals surface area contributed by atoms with Crippen molar-refractivity contribution in [3.63, 3.8) is 0 Å². The maximum Gasteiger partial charge on any atom is 0.249 e. The van der Waals surface area contributed by atoms with Crippen LogP contribution in [0.1, 0.15) is 19.3 Å². The van der Waals surface area contributed by atoms with E-state index in [1.807, 2.05) is 0 Å². The summed E-state index contributed by atoms with van der Waals surface area (Å²) in [6.07, 6.45) is 2.41. The van der Waals surface area contributed by atoms with E-state index in [9.17, 15) is 4.79 Å². The molecule has 0 bridgehead atoms. The molecular weight excluding hydrogens is 218 g/mol. The molecule has 1 saturated heterocycles. The zero-order valence-corrected chi connectivity index (χ0v) is 9.59. The molecule has 1 N–H and O–H groups in total. The fourth-order valence-electron chi connectivity index (χ4n) is 1.44. The van der Waals surface area contributed by atoms with Gasteiger partial charge >= 0.3 is 0 Å². The van der Waals surface area contributed by atoms with Crippen LogP contribution in [0.3, 0.4) is 0 Å². The molecule has 0 aromatic rings. The van der Waals surface area contributed by atoms with Crippen LogP contribution in [0.5, 0.6) is 0 Å². The number of hydrogen-bond donors (Lipinski definition) is 1. The van der Waals surface area contributed by atoms with E-state index < -0.39 is 0 Å². The molecular formula is C10H18ClNO3. The average molecular weight is 236 g/mol. The Bertz CT molecular complexity index is 184. The van der Waals surface area contributed by atoms with Gasteiger partial charge in [-0.25, -0.2) is 0 Å². The second-order valence-electron chi connectivity index (χ2n) is 3.45. The fourth-order valence-corrected chi connectivity index (χ4v) is 1.55. The van der Waals surface area contributed by atoms with Crippen molar-refractivity contribution in [2.24, 2.45) is 0 Å². The number of alkyl halides is 1. The summed E-state index contributed by atoms with van der Waals surface area (Å²) in [5.74, 6) is 0.521. The zero-order chi connectivity index (χ0) is 10.9. The lowest BCUT2D eigenvalue weighted by molar-refractivity contribution is -0.130. The van der Waals surface area contributed by atoms with Crippen LogP contribution in [0.2, 0.25) is 0 Å². The van der Waals surface area contributed by atoms with Crippen LogP contribution in [0.4, 0.5) is 0 Å². The average Bonchev–Trinajstić information content (AvgIpc) is 2.76. The highest BCUT2D eigenvalue weighted by Crippen LogP contribution is 2.11. The molecule has 1 unspecified atom stereocenters. The molecule has 1 amide bonds. The number of rotatable bonds is 7. The number of hydrogen-bond acceptors (Lipinski definition) is 3. The van der Waals surface area contributed by atoms with Gasteiger partial charge < -0.3 is 14.8 Å². The van der Waals surface area contributed by atoms with E-state index in [1.54, 1.807) is 0 Å². The van der Waals surface area contributed by atoms with Crippen molar-refractivity contribution in [1.82, 2.24) is 5.32 Å². The van der Waals surface area contributed by atoms with Crippen LogP contribution >= 0.6 is 11.6 Å². The molecule has 15 heavy (non-hydrogen) atoms. The molecule has 88 valence electrons. The Balaban J connectivity index is 1.92. The quantitative estimate of drug-likeness (QED) is 0.528. The van der Waals surface area contributed by atoms with E-state index in [0.29, 0.717) is 32.2 Å². The van der Waals surface area contributed by atoms with Gasteiger partial charge in [0.15, 0.2) is 0 Å². The molecule has 1 aliphatic heterocycles. The van der Waals surface area contributed by atoms with Gasteiger partial charge in [-0.2, -0.15) is 0 Å². The van der Waals surface area contributed by atoms with Crippen molar-refractivity contribution in [2.45, 2.75) is 25.4 Å². The normalized spacial score (nSPS) is 20.5. The van der Waals surface area contributed by atoms with E-state index in [4.69, 9.17) is 21.1 Å². The lowest BCUT2D eigenvalue weighted by atomic mass is 10.2. The lowest BCUT2D eigenvalue weighted by Crippen LogP contribution is -2.35. The lowest BCUT2D eigenvalue weighted by Gasteiger charge is -2.10. The molecule has 0 spiro atoms. The minimum Gasteiger partial charge on any atom is -0.380 e. The van der Waals surface area contributed by atoms with Crippen LogP contribution in [-0.2, 0) is 14.3 Å². The third-order valence-corrected chi connectivity index (χ3v) is 2.36. The Kier molecular flexibility index (Phi) is 6.72.